The van der Waals surface area contributed by atoms with Crippen LogP contribution in [-0.4, -0.2) is 27.1 Å². The van der Waals surface area contributed by atoms with Crippen molar-refractivity contribution in [1.29, 1.82) is 0 Å². The van der Waals surface area contributed by atoms with Gasteiger partial charge in [-0.1, -0.05) is 0 Å². The van der Waals surface area contributed by atoms with E-state index in [-0.39, 0.29) is 47.8 Å². The van der Waals surface area contributed by atoms with Gasteiger partial charge in [-0.3, -0.25) is 0 Å². The Bertz CT molecular complexity index is 388. The van der Waals surface area contributed by atoms with Gasteiger partial charge in [-0.05, 0) is 19.4 Å². The maximum atomic E-state index is 10.7. The Morgan fingerprint density at radius 1 is 1.21 bits per heavy atom. The quantitative estimate of drug-likeness (QED) is 0.496. The van der Waals surface area contributed by atoms with Gasteiger partial charge < -0.3 is 16.6 Å². The number of carboxylic acids is 2. The molecule has 0 spiro atoms. The third-order valence-electron chi connectivity index (χ3n) is 1.87. The van der Waals surface area contributed by atoms with Crippen LogP contribution >= 0.6 is 0 Å². The Kier molecular flexibility index (Phi) is 4.38. The third-order valence-corrected chi connectivity index (χ3v) is 1.87. The molecule has 14 heavy (non-hydrogen) atoms. The summed E-state index contributed by atoms with van der Waals surface area (Å²) in [5.74, 6) is -2.26. The van der Waals surface area contributed by atoms with Gasteiger partial charge >= 0.3 is 41.5 Å². The van der Waals surface area contributed by atoms with E-state index in [0.717, 1.165) is 0 Å². The second kappa shape index (κ2) is 4.63. The van der Waals surface area contributed by atoms with Crippen molar-refractivity contribution in [2.75, 3.05) is 0 Å². The zero-order valence-electron chi connectivity index (χ0n) is 9.21. The van der Waals surface area contributed by atoms with Gasteiger partial charge in [-0.2, -0.15) is 0 Å². The molecule has 72 valence electrons. The molecule has 0 bridgehead atoms. The minimum Gasteiger partial charge on any atom is -1.00 e. The van der Waals surface area contributed by atoms with Crippen molar-refractivity contribution in [2.45, 2.75) is 13.8 Å². The first kappa shape index (κ1) is 13.2. The van der Waals surface area contributed by atoms with Crippen LogP contribution in [0.15, 0.2) is 0 Å². The number of H-pyrrole nitrogens is 1. The van der Waals surface area contributed by atoms with Crippen LogP contribution in [0.5, 0.6) is 0 Å². The summed E-state index contributed by atoms with van der Waals surface area (Å²) in [6.07, 6.45) is 0. The smallest absolute Gasteiger partial charge is 1.00 e. The Morgan fingerprint density at radius 3 is 1.93 bits per heavy atom. The second-order valence-corrected chi connectivity index (χ2v) is 2.74. The van der Waals surface area contributed by atoms with E-state index in [1.807, 2.05) is 0 Å². The number of aromatic nitrogens is 1. The van der Waals surface area contributed by atoms with Crippen molar-refractivity contribution in [2.24, 2.45) is 0 Å². The summed E-state index contributed by atoms with van der Waals surface area (Å²) in [6.45, 7) is 3.00. The van der Waals surface area contributed by atoms with E-state index >= 15 is 0 Å². The van der Waals surface area contributed by atoms with E-state index in [1.54, 1.807) is 0 Å². The van der Waals surface area contributed by atoms with E-state index in [2.05, 4.69) is 4.98 Å². The van der Waals surface area contributed by atoms with Crippen molar-refractivity contribution in [1.82, 2.24) is 4.98 Å². The molecule has 0 fully saturated rings. The summed E-state index contributed by atoms with van der Waals surface area (Å²) < 4.78 is 0. The summed E-state index contributed by atoms with van der Waals surface area (Å²) in [5.41, 5.74) is 0.604. The van der Waals surface area contributed by atoms with Crippen LogP contribution in [0.2, 0.25) is 0 Å². The average Bonchev–Trinajstić information content (AvgIpc) is 2.26. The van der Waals surface area contributed by atoms with E-state index in [0.29, 0.717) is 5.69 Å². The van der Waals surface area contributed by atoms with E-state index in [9.17, 15) is 9.59 Å². The molecule has 0 aliphatic heterocycles. The number of hydrogen-bond acceptors (Lipinski definition) is 2. The molecule has 1 aromatic rings. The first-order chi connectivity index (χ1) is 5.95. The van der Waals surface area contributed by atoms with Gasteiger partial charge in [-0.25, -0.2) is 9.59 Å². The first-order valence-electron chi connectivity index (χ1n) is 3.61. The van der Waals surface area contributed by atoms with Gasteiger partial charge in [0, 0.05) is 5.69 Å². The largest absolute Gasteiger partial charge is 1.00 e. The van der Waals surface area contributed by atoms with Crippen LogP contribution in [0.3, 0.4) is 0 Å². The SMILES string of the molecule is Cc1[nH]c(C(=O)O)c(C)c1C(=O)O.[H-].[Na+]. The molecule has 0 atom stereocenters. The van der Waals surface area contributed by atoms with E-state index in [1.165, 1.54) is 13.8 Å². The van der Waals surface area contributed by atoms with Gasteiger partial charge in [0.25, 0.3) is 0 Å². The fourth-order valence-corrected chi connectivity index (χ4v) is 1.28. The predicted octanol–water partition coefficient (Wildman–Crippen LogP) is -1.86. The van der Waals surface area contributed by atoms with Gasteiger partial charge in [0.05, 0.1) is 5.56 Å². The van der Waals surface area contributed by atoms with E-state index < -0.39 is 11.9 Å². The molecule has 1 rings (SSSR count). The monoisotopic (exact) mass is 207 g/mol. The first-order valence-corrected chi connectivity index (χ1v) is 3.61. The summed E-state index contributed by atoms with van der Waals surface area (Å²) in [6, 6.07) is 0. The van der Waals surface area contributed by atoms with Gasteiger partial charge in [0.1, 0.15) is 5.69 Å². The fourth-order valence-electron chi connectivity index (χ4n) is 1.28. The number of aromatic amines is 1. The van der Waals surface area contributed by atoms with Gasteiger partial charge in [0.2, 0.25) is 0 Å². The standard InChI is InChI=1S/C8H9NO4.Na.H/c1-3-5(7(10)11)4(2)9-6(3)8(12)13;;/h9H,1-2H3,(H,10,11)(H,12,13);;/q;+1;-1. The molecule has 5 nitrogen and oxygen atoms in total. The zero-order valence-corrected chi connectivity index (χ0v) is 10.2. The molecule has 3 N–H and O–H groups in total. The van der Waals surface area contributed by atoms with Crippen LogP contribution in [0.4, 0.5) is 0 Å². The minimum atomic E-state index is -1.15. The molecule has 6 heteroatoms. The molecule has 1 aromatic heterocycles. The summed E-state index contributed by atoms with van der Waals surface area (Å²) in [4.78, 5) is 23.8. The van der Waals surface area contributed by atoms with E-state index in [4.69, 9.17) is 10.2 Å². The molecule has 0 saturated carbocycles. The molecular formula is C8H10NNaO4. The molecule has 0 aromatic carbocycles. The summed E-state index contributed by atoms with van der Waals surface area (Å²) in [7, 11) is 0. The van der Waals surface area contributed by atoms with Gasteiger partial charge in [-0.15, -0.1) is 0 Å². The average molecular weight is 207 g/mol. The Morgan fingerprint density at radius 2 is 1.71 bits per heavy atom. The Hall–Kier alpha value is -0.780. The van der Waals surface area contributed by atoms with Crippen LogP contribution < -0.4 is 29.6 Å². The molecule has 0 unspecified atom stereocenters. The van der Waals surface area contributed by atoms with Crippen molar-refractivity contribution in [3.63, 3.8) is 0 Å². The molecule has 0 aliphatic carbocycles. The molecule has 0 saturated heterocycles. The zero-order chi connectivity index (χ0) is 10.2. The third kappa shape index (κ3) is 2.17. The molecular weight excluding hydrogens is 197 g/mol. The minimum absolute atomic E-state index is 0. The van der Waals surface area contributed by atoms with Crippen LogP contribution in [0.1, 0.15) is 33.5 Å². The van der Waals surface area contributed by atoms with Crippen molar-refractivity contribution in [3.8, 4) is 0 Å². The number of nitrogens with one attached hydrogen (secondary N) is 1. The number of aryl methyl sites for hydroxylation is 1. The molecule has 0 aliphatic rings. The number of carboxylic acid groups (broad SMARTS) is 2. The Balaban J connectivity index is 0. The fraction of sp³-hybridized carbons (Fsp3) is 0.250. The maximum Gasteiger partial charge on any atom is 1.00 e. The molecule has 0 amide bonds. The number of rotatable bonds is 2. The van der Waals surface area contributed by atoms with Crippen LogP contribution in [-0.2, 0) is 0 Å². The van der Waals surface area contributed by atoms with Crippen LogP contribution in [0, 0.1) is 13.8 Å². The normalized spacial score (nSPS) is 9.29. The van der Waals surface area contributed by atoms with Crippen LogP contribution in [0.25, 0.3) is 0 Å². The number of hydrogen-bond donors (Lipinski definition) is 3. The summed E-state index contributed by atoms with van der Waals surface area (Å²) >= 11 is 0. The summed E-state index contributed by atoms with van der Waals surface area (Å²) in [5, 5.41) is 17.4. The second-order valence-electron chi connectivity index (χ2n) is 2.74. The van der Waals surface area contributed by atoms with Gasteiger partial charge in [0.15, 0.2) is 0 Å². The molecule has 0 radical (unpaired) electrons. The number of aromatic carboxylic acids is 2. The van der Waals surface area contributed by atoms with Crippen molar-refractivity contribution in [3.05, 3.63) is 22.5 Å². The maximum absolute atomic E-state index is 10.7. The van der Waals surface area contributed by atoms with Crippen molar-refractivity contribution >= 4 is 11.9 Å². The Labute approximate surface area is 104 Å². The molecule has 1 heterocycles. The predicted molar refractivity (Wildman–Crippen MR) is 45.3 cm³/mol. The topological polar surface area (TPSA) is 90.4 Å². The van der Waals surface area contributed by atoms with Crippen molar-refractivity contribution < 1.29 is 50.8 Å². The number of carbonyl (C=O) groups is 2.